The number of rotatable bonds is 76. The number of unbranched alkanes of at least 4 members (excludes halogenated alkanes) is 63. The Morgan fingerprint density at radius 3 is 0.826 bits per heavy atom. The second-order valence-electron chi connectivity index (χ2n) is 27.8. The highest BCUT2D eigenvalue weighted by molar-refractivity contribution is 5.76. The lowest BCUT2D eigenvalue weighted by Crippen LogP contribution is -2.45. The number of aliphatic hydroxyl groups is 2. The van der Waals surface area contributed by atoms with E-state index in [4.69, 9.17) is 4.74 Å². The zero-order chi connectivity index (χ0) is 62.0. The first kappa shape index (κ1) is 84.6. The predicted octanol–water partition coefficient (Wildman–Crippen LogP) is 26.3. The summed E-state index contributed by atoms with van der Waals surface area (Å²) in [6.07, 6.45) is 95.8. The smallest absolute Gasteiger partial charge is 0.305 e. The van der Waals surface area contributed by atoms with E-state index in [1.54, 1.807) is 0 Å². The molecule has 0 saturated heterocycles. The van der Waals surface area contributed by atoms with Crippen LogP contribution >= 0.6 is 0 Å². The maximum Gasteiger partial charge on any atom is 0.305 e. The Morgan fingerprint density at radius 2 is 0.547 bits per heavy atom. The third-order valence-electron chi connectivity index (χ3n) is 19.1. The Labute approximate surface area is 539 Å². The second kappa shape index (κ2) is 76.1. The van der Waals surface area contributed by atoms with Crippen LogP contribution in [0, 0.1) is 0 Å². The minimum Gasteiger partial charge on any atom is -0.466 e. The zero-order valence-corrected chi connectivity index (χ0v) is 58.8. The summed E-state index contributed by atoms with van der Waals surface area (Å²) in [5, 5.41) is 23.5. The molecule has 0 radical (unpaired) electrons. The first-order chi connectivity index (χ1) is 42.5. The van der Waals surface area contributed by atoms with Gasteiger partial charge in [-0.05, 0) is 51.4 Å². The van der Waals surface area contributed by atoms with Gasteiger partial charge in [0.15, 0.2) is 0 Å². The maximum atomic E-state index is 12.6. The highest BCUT2D eigenvalue weighted by Crippen LogP contribution is 2.20. The molecular weight excluding hydrogens is 1050 g/mol. The van der Waals surface area contributed by atoms with E-state index < -0.39 is 12.1 Å². The summed E-state index contributed by atoms with van der Waals surface area (Å²) < 4.78 is 5.51. The molecule has 0 aromatic carbocycles. The Morgan fingerprint density at radius 1 is 0.314 bits per heavy atom. The van der Waals surface area contributed by atoms with Crippen LogP contribution in [0.15, 0.2) is 12.2 Å². The Hall–Kier alpha value is -1.40. The molecule has 2 atom stereocenters. The summed E-state index contributed by atoms with van der Waals surface area (Å²) in [5.74, 6) is -0.00895. The van der Waals surface area contributed by atoms with Crippen LogP contribution in [-0.2, 0) is 14.3 Å². The summed E-state index contributed by atoms with van der Waals surface area (Å²) in [6.45, 7) is 5.01. The number of amides is 1. The average molecular weight is 1210 g/mol. The fourth-order valence-electron chi connectivity index (χ4n) is 13.0. The van der Waals surface area contributed by atoms with Gasteiger partial charge in [0.2, 0.25) is 5.91 Å². The molecule has 0 bridgehead atoms. The Balaban J connectivity index is 3.37. The van der Waals surface area contributed by atoms with Gasteiger partial charge in [-0.2, -0.15) is 0 Å². The lowest BCUT2D eigenvalue weighted by atomic mass is 10.0. The minimum atomic E-state index is -0.666. The number of allylic oxidation sites excluding steroid dienone is 2. The van der Waals surface area contributed by atoms with Gasteiger partial charge in [0.05, 0.1) is 25.4 Å². The number of nitrogens with one attached hydrogen (secondary N) is 1. The largest absolute Gasteiger partial charge is 0.466 e. The van der Waals surface area contributed by atoms with Crippen LogP contribution in [0.25, 0.3) is 0 Å². The van der Waals surface area contributed by atoms with Crippen molar-refractivity contribution < 1.29 is 24.5 Å². The SMILES string of the molecule is CCCCCCCCCCCCCCCCCCCCCCCCCCCC(O)C(CO)NC(=O)CCCCCCCCCCCCC/C=C\CCCCCCCCCCCCCCOC(=O)CCCCCCCCCCCCCCCCCCC. The Kier molecular flexibility index (Phi) is 74.8. The van der Waals surface area contributed by atoms with Gasteiger partial charge in [0.1, 0.15) is 0 Å². The molecule has 0 aliphatic heterocycles. The van der Waals surface area contributed by atoms with Crippen LogP contribution in [0.2, 0.25) is 0 Å². The average Bonchev–Trinajstić information content (AvgIpc) is 3.57. The van der Waals surface area contributed by atoms with Crippen molar-refractivity contribution in [1.82, 2.24) is 5.32 Å². The van der Waals surface area contributed by atoms with Crippen LogP contribution in [-0.4, -0.2) is 47.4 Å². The van der Waals surface area contributed by atoms with E-state index in [1.165, 1.54) is 392 Å². The summed E-state index contributed by atoms with van der Waals surface area (Å²) in [6, 6.07) is -0.543. The summed E-state index contributed by atoms with van der Waals surface area (Å²) in [4.78, 5) is 24.7. The van der Waals surface area contributed by atoms with Crippen LogP contribution in [0.5, 0.6) is 0 Å². The standard InChI is InChI=1S/C80H157NO5/c1-3-5-7-9-11-13-15-17-19-21-22-23-24-28-31-34-37-41-44-48-52-56-60-64-68-72-78(83)77(76-82)81-79(84)73-69-65-61-57-53-49-45-42-38-35-32-29-26-25-27-30-33-36-39-43-47-51-55-59-63-67-71-75-86-80(85)74-70-66-62-58-54-50-46-40-20-18-16-14-12-10-8-6-4-2/h25-26,77-78,82-83H,3-24,27-76H2,1-2H3,(H,81,84)/b26-25-. The minimum absolute atomic E-state index is 0.0206. The molecule has 0 fully saturated rings. The van der Waals surface area contributed by atoms with Gasteiger partial charge >= 0.3 is 5.97 Å². The molecule has 0 aliphatic carbocycles. The highest BCUT2D eigenvalue weighted by Gasteiger charge is 2.20. The van der Waals surface area contributed by atoms with Crippen molar-refractivity contribution in [3.63, 3.8) is 0 Å². The van der Waals surface area contributed by atoms with E-state index in [1.807, 2.05) is 0 Å². The number of carbonyl (C=O) groups is 2. The zero-order valence-electron chi connectivity index (χ0n) is 58.8. The molecule has 6 nitrogen and oxygen atoms in total. The molecule has 3 N–H and O–H groups in total. The quantitative estimate of drug-likeness (QED) is 0.0320. The molecule has 86 heavy (non-hydrogen) atoms. The van der Waals surface area contributed by atoms with Gasteiger partial charge in [0.25, 0.3) is 0 Å². The van der Waals surface area contributed by atoms with Crippen LogP contribution in [0.3, 0.4) is 0 Å². The molecule has 0 aliphatic rings. The lowest BCUT2D eigenvalue weighted by molar-refractivity contribution is -0.143. The van der Waals surface area contributed by atoms with E-state index >= 15 is 0 Å². The molecule has 0 spiro atoms. The van der Waals surface area contributed by atoms with E-state index in [-0.39, 0.29) is 18.5 Å². The molecule has 0 aromatic rings. The first-order valence-corrected chi connectivity index (χ1v) is 39.9. The molecule has 0 saturated carbocycles. The van der Waals surface area contributed by atoms with Crippen molar-refractivity contribution in [3.05, 3.63) is 12.2 Å². The van der Waals surface area contributed by atoms with Crippen molar-refractivity contribution in [1.29, 1.82) is 0 Å². The van der Waals surface area contributed by atoms with Crippen LogP contribution in [0.4, 0.5) is 0 Å². The van der Waals surface area contributed by atoms with E-state index in [9.17, 15) is 19.8 Å². The number of esters is 1. The number of hydrogen-bond donors (Lipinski definition) is 3. The molecular formula is C80H157NO5. The summed E-state index contributed by atoms with van der Waals surface area (Å²) in [7, 11) is 0. The van der Waals surface area contributed by atoms with Gasteiger partial charge in [-0.25, -0.2) is 0 Å². The third-order valence-corrected chi connectivity index (χ3v) is 19.1. The summed E-state index contributed by atoms with van der Waals surface area (Å²) >= 11 is 0. The van der Waals surface area contributed by atoms with Crippen molar-refractivity contribution in [2.75, 3.05) is 13.2 Å². The van der Waals surface area contributed by atoms with Crippen LogP contribution < -0.4 is 5.32 Å². The van der Waals surface area contributed by atoms with E-state index in [0.29, 0.717) is 25.9 Å². The van der Waals surface area contributed by atoms with Crippen molar-refractivity contribution in [2.24, 2.45) is 0 Å². The fraction of sp³-hybridized carbons (Fsp3) is 0.950. The van der Waals surface area contributed by atoms with Gasteiger partial charge in [-0.15, -0.1) is 0 Å². The predicted molar refractivity (Wildman–Crippen MR) is 380 cm³/mol. The third kappa shape index (κ3) is 71.7. The fourth-order valence-corrected chi connectivity index (χ4v) is 13.0. The highest BCUT2D eigenvalue weighted by atomic mass is 16.5. The molecule has 0 rings (SSSR count). The molecule has 1 amide bonds. The number of aliphatic hydroxyl groups excluding tert-OH is 2. The molecule has 2 unspecified atom stereocenters. The normalized spacial score (nSPS) is 12.5. The van der Waals surface area contributed by atoms with Crippen molar-refractivity contribution >= 4 is 11.9 Å². The Bertz CT molecular complexity index is 1300. The van der Waals surface area contributed by atoms with Crippen molar-refractivity contribution in [3.8, 4) is 0 Å². The monoisotopic (exact) mass is 1210 g/mol. The second-order valence-corrected chi connectivity index (χ2v) is 27.8. The molecule has 0 aromatic heterocycles. The molecule has 6 heteroatoms. The van der Waals surface area contributed by atoms with Gasteiger partial charge < -0.3 is 20.3 Å². The van der Waals surface area contributed by atoms with E-state index in [0.717, 1.165) is 38.5 Å². The maximum absolute atomic E-state index is 12.6. The van der Waals surface area contributed by atoms with Crippen molar-refractivity contribution in [2.45, 2.75) is 475 Å². The number of carbonyl (C=O) groups excluding carboxylic acids is 2. The lowest BCUT2D eigenvalue weighted by Gasteiger charge is -2.22. The van der Waals surface area contributed by atoms with Gasteiger partial charge in [0, 0.05) is 12.8 Å². The van der Waals surface area contributed by atoms with Gasteiger partial charge in [-0.1, -0.05) is 411 Å². The number of hydrogen-bond acceptors (Lipinski definition) is 5. The topological polar surface area (TPSA) is 95.9 Å². The number of ether oxygens (including phenoxy) is 1. The first-order valence-electron chi connectivity index (χ1n) is 39.9. The molecule has 512 valence electrons. The van der Waals surface area contributed by atoms with Gasteiger partial charge in [-0.3, -0.25) is 9.59 Å². The van der Waals surface area contributed by atoms with Crippen LogP contribution in [0.1, 0.15) is 463 Å². The molecule has 0 heterocycles. The van der Waals surface area contributed by atoms with E-state index in [2.05, 4.69) is 31.3 Å². The summed E-state index contributed by atoms with van der Waals surface area (Å²) in [5.41, 5.74) is 0.